The van der Waals surface area contributed by atoms with E-state index in [0.29, 0.717) is 0 Å². The highest BCUT2D eigenvalue weighted by Gasteiger charge is 2.16. The molecular formula is C16H18N4. The Bertz CT molecular complexity index is 651. The lowest BCUT2D eigenvalue weighted by Gasteiger charge is -2.19. The van der Waals surface area contributed by atoms with Crippen molar-refractivity contribution in [2.75, 3.05) is 11.9 Å². The highest BCUT2D eigenvalue weighted by Crippen LogP contribution is 2.28. The van der Waals surface area contributed by atoms with Crippen LogP contribution in [0.2, 0.25) is 0 Å². The van der Waals surface area contributed by atoms with Crippen LogP contribution in [0.3, 0.4) is 0 Å². The van der Waals surface area contributed by atoms with Crippen molar-refractivity contribution in [1.82, 2.24) is 15.3 Å². The van der Waals surface area contributed by atoms with Crippen LogP contribution in [0.5, 0.6) is 0 Å². The molecule has 0 amide bonds. The van der Waals surface area contributed by atoms with Gasteiger partial charge < -0.3 is 10.6 Å². The van der Waals surface area contributed by atoms with Crippen molar-refractivity contribution >= 4 is 11.5 Å². The van der Waals surface area contributed by atoms with Gasteiger partial charge in [-0.05, 0) is 42.5 Å². The van der Waals surface area contributed by atoms with Crippen LogP contribution in [0.4, 0.5) is 11.5 Å². The summed E-state index contributed by atoms with van der Waals surface area (Å²) < 4.78 is 0. The predicted molar refractivity (Wildman–Crippen MR) is 79.2 cm³/mol. The fraction of sp³-hybridized carbons (Fsp3) is 0.375. The molecule has 1 aromatic heterocycles. The molecule has 0 bridgehead atoms. The standard InChI is InChI=1S/C16H18N4/c1-2-11-4-5-13(8-12(11)3-1)20-16-14-9-17-7-6-15(14)18-10-19-16/h4-5,8,10,17H,1-3,6-7,9H2,(H,18,19,20). The van der Waals surface area contributed by atoms with Crippen LogP contribution in [-0.4, -0.2) is 16.5 Å². The second-order valence-corrected chi connectivity index (χ2v) is 5.54. The van der Waals surface area contributed by atoms with E-state index < -0.39 is 0 Å². The molecule has 4 rings (SSSR count). The molecule has 0 radical (unpaired) electrons. The van der Waals surface area contributed by atoms with E-state index in [4.69, 9.17) is 0 Å². The summed E-state index contributed by atoms with van der Waals surface area (Å²) in [5, 5.41) is 6.86. The molecular weight excluding hydrogens is 248 g/mol. The largest absolute Gasteiger partial charge is 0.340 e. The lowest BCUT2D eigenvalue weighted by Crippen LogP contribution is -2.25. The zero-order valence-electron chi connectivity index (χ0n) is 11.4. The highest BCUT2D eigenvalue weighted by molar-refractivity contribution is 5.62. The number of aryl methyl sites for hydroxylation is 2. The molecule has 0 saturated carbocycles. The average Bonchev–Trinajstić information content (AvgIpc) is 2.95. The van der Waals surface area contributed by atoms with Crippen molar-refractivity contribution < 1.29 is 0 Å². The molecule has 0 unspecified atom stereocenters. The van der Waals surface area contributed by atoms with Crippen molar-refractivity contribution in [2.24, 2.45) is 0 Å². The molecule has 0 atom stereocenters. The van der Waals surface area contributed by atoms with E-state index in [2.05, 4.69) is 38.8 Å². The number of hydrogen-bond donors (Lipinski definition) is 2. The first-order valence-electron chi connectivity index (χ1n) is 7.32. The first-order valence-corrected chi connectivity index (χ1v) is 7.32. The van der Waals surface area contributed by atoms with Crippen molar-refractivity contribution in [3.63, 3.8) is 0 Å². The van der Waals surface area contributed by atoms with Gasteiger partial charge in [-0.25, -0.2) is 9.97 Å². The SMILES string of the molecule is c1nc2c(c(Nc3ccc4c(c3)CCC4)n1)CNCC2. The molecule has 2 N–H and O–H groups in total. The molecule has 4 heteroatoms. The van der Waals surface area contributed by atoms with Gasteiger partial charge in [0.1, 0.15) is 12.1 Å². The van der Waals surface area contributed by atoms with Crippen LogP contribution in [0.25, 0.3) is 0 Å². The van der Waals surface area contributed by atoms with E-state index in [-0.39, 0.29) is 0 Å². The van der Waals surface area contributed by atoms with Gasteiger partial charge in [-0.1, -0.05) is 6.07 Å². The summed E-state index contributed by atoms with van der Waals surface area (Å²) in [7, 11) is 0. The molecule has 0 fully saturated rings. The van der Waals surface area contributed by atoms with Crippen molar-refractivity contribution in [3.05, 3.63) is 46.9 Å². The molecule has 20 heavy (non-hydrogen) atoms. The zero-order valence-corrected chi connectivity index (χ0v) is 11.4. The molecule has 4 nitrogen and oxygen atoms in total. The number of aromatic nitrogens is 2. The first-order chi connectivity index (χ1) is 9.90. The van der Waals surface area contributed by atoms with Crippen molar-refractivity contribution in [2.45, 2.75) is 32.2 Å². The fourth-order valence-electron chi connectivity index (χ4n) is 3.16. The quantitative estimate of drug-likeness (QED) is 0.876. The minimum absolute atomic E-state index is 0.851. The highest BCUT2D eigenvalue weighted by atomic mass is 15.0. The third kappa shape index (κ3) is 2.06. The van der Waals surface area contributed by atoms with Crippen LogP contribution < -0.4 is 10.6 Å². The van der Waals surface area contributed by atoms with E-state index in [9.17, 15) is 0 Å². The summed E-state index contributed by atoms with van der Waals surface area (Å²) in [6.07, 6.45) is 6.36. The minimum atomic E-state index is 0.851. The number of anilines is 2. The van der Waals surface area contributed by atoms with E-state index in [1.807, 2.05) is 0 Å². The van der Waals surface area contributed by atoms with E-state index in [1.54, 1.807) is 6.33 Å². The smallest absolute Gasteiger partial charge is 0.138 e. The number of hydrogen-bond acceptors (Lipinski definition) is 4. The Labute approximate surface area is 118 Å². The molecule has 1 aliphatic heterocycles. The normalized spacial score (nSPS) is 16.6. The van der Waals surface area contributed by atoms with Gasteiger partial charge in [0.25, 0.3) is 0 Å². The van der Waals surface area contributed by atoms with Gasteiger partial charge in [0.15, 0.2) is 0 Å². The summed E-state index contributed by atoms with van der Waals surface area (Å²) >= 11 is 0. The Kier molecular flexibility index (Phi) is 2.89. The van der Waals surface area contributed by atoms with Crippen LogP contribution in [-0.2, 0) is 25.8 Å². The topological polar surface area (TPSA) is 49.8 Å². The summed E-state index contributed by atoms with van der Waals surface area (Å²) in [6, 6.07) is 6.68. The first kappa shape index (κ1) is 11.9. The maximum absolute atomic E-state index is 4.42. The number of benzene rings is 1. The van der Waals surface area contributed by atoms with Crippen molar-refractivity contribution in [1.29, 1.82) is 0 Å². The fourth-order valence-corrected chi connectivity index (χ4v) is 3.16. The maximum Gasteiger partial charge on any atom is 0.138 e. The molecule has 0 spiro atoms. The summed E-state index contributed by atoms with van der Waals surface area (Å²) in [4.78, 5) is 8.81. The second-order valence-electron chi connectivity index (χ2n) is 5.54. The van der Waals surface area contributed by atoms with Crippen molar-refractivity contribution in [3.8, 4) is 0 Å². The predicted octanol–water partition coefficient (Wildman–Crippen LogP) is 2.35. The summed E-state index contributed by atoms with van der Waals surface area (Å²) in [6.45, 7) is 1.85. The van der Waals surface area contributed by atoms with E-state index >= 15 is 0 Å². The second kappa shape index (κ2) is 4.87. The Morgan fingerprint density at radius 3 is 3.00 bits per heavy atom. The van der Waals surface area contributed by atoms with Gasteiger partial charge in [0, 0.05) is 30.8 Å². The lowest BCUT2D eigenvalue weighted by molar-refractivity contribution is 0.628. The van der Waals surface area contributed by atoms with Crippen LogP contribution >= 0.6 is 0 Å². The van der Waals surface area contributed by atoms with Gasteiger partial charge in [0.05, 0.1) is 5.69 Å². The van der Waals surface area contributed by atoms with Gasteiger partial charge >= 0.3 is 0 Å². The monoisotopic (exact) mass is 266 g/mol. The third-order valence-electron chi connectivity index (χ3n) is 4.24. The molecule has 2 aromatic rings. The van der Waals surface area contributed by atoms with E-state index in [0.717, 1.165) is 31.0 Å². The van der Waals surface area contributed by atoms with Gasteiger partial charge in [-0.2, -0.15) is 0 Å². The number of nitrogens with zero attached hydrogens (tertiary/aromatic N) is 2. The van der Waals surface area contributed by atoms with Gasteiger partial charge in [-0.15, -0.1) is 0 Å². The Morgan fingerprint density at radius 1 is 1.05 bits per heavy atom. The van der Waals surface area contributed by atoms with E-state index in [1.165, 1.54) is 41.6 Å². The molecule has 2 heterocycles. The van der Waals surface area contributed by atoms with Gasteiger partial charge in [-0.3, -0.25) is 0 Å². The number of fused-ring (bicyclic) bond motifs is 2. The summed E-state index contributed by atoms with van der Waals surface area (Å²) in [5.41, 5.74) is 6.50. The van der Waals surface area contributed by atoms with Crippen LogP contribution in [0.15, 0.2) is 24.5 Å². The Morgan fingerprint density at radius 2 is 2.00 bits per heavy atom. The average molecular weight is 266 g/mol. The molecule has 102 valence electrons. The third-order valence-corrected chi connectivity index (χ3v) is 4.24. The lowest BCUT2D eigenvalue weighted by atomic mass is 10.1. The Hall–Kier alpha value is -1.94. The number of rotatable bonds is 2. The maximum atomic E-state index is 4.42. The summed E-state index contributed by atoms with van der Waals surface area (Å²) in [5.74, 6) is 0.945. The Balaban J connectivity index is 1.66. The van der Waals surface area contributed by atoms with Gasteiger partial charge in [0.2, 0.25) is 0 Å². The zero-order chi connectivity index (χ0) is 13.4. The molecule has 2 aliphatic rings. The molecule has 1 aromatic carbocycles. The van der Waals surface area contributed by atoms with Crippen LogP contribution in [0, 0.1) is 0 Å². The van der Waals surface area contributed by atoms with Crippen LogP contribution in [0.1, 0.15) is 28.8 Å². The molecule has 1 aliphatic carbocycles. The number of nitrogens with one attached hydrogen (secondary N) is 2. The molecule has 0 saturated heterocycles. The minimum Gasteiger partial charge on any atom is -0.340 e.